The van der Waals surface area contributed by atoms with Crippen molar-refractivity contribution in [3.63, 3.8) is 0 Å². The lowest BCUT2D eigenvalue weighted by Gasteiger charge is -2.43. The van der Waals surface area contributed by atoms with Crippen LogP contribution in [0.25, 0.3) is 0 Å². The van der Waals surface area contributed by atoms with Crippen molar-refractivity contribution in [3.05, 3.63) is 35.9 Å². The number of carbonyl (C=O) groups is 6. The SMILES string of the molecule is COC1CC2CCC(OC)C(O)(O2)C(=O)C(=O)N2CCCCC2C(=O)N[C@H](CCc2ccccc2)C(=O)NCC(=O)N(C)CC(=O)OC1C. The van der Waals surface area contributed by atoms with Crippen LogP contribution in [0.15, 0.2) is 30.3 Å². The Labute approximate surface area is 285 Å². The second-order valence-corrected chi connectivity index (χ2v) is 12.8. The second kappa shape index (κ2) is 17.1. The first-order valence-electron chi connectivity index (χ1n) is 16.7. The van der Waals surface area contributed by atoms with E-state index in [1.54, 1.807) is 6.92 Å². The molecular weight excluding hydrogens is 640 g/mol. The zero-order chi connectivity index (χ0) is 35.7. The van der Waals surface area contributed by atoms with Gasteiger partial charge in [0, 0.05) is 34.2 Å². The zero-order valence-corrected chi connectivity index (χ0v) is 28.6. The van der Waals surface area contributed by atoms with E-state index in [-0.39, 0.29) is 32.2 Å². The van der Waals surface area contributed by atoms with E-state index in [9.17, 15) is 33.9 Å². The van der Waals surface area contributed by atoms with Gasteiger partial charge >= 0.3 is 5.97 Å². The van der Waals surface area contributed by atoms with Crippen LogP contribution in [0.3, 0.4) is 0 Å². The molecule has 4 amide bonds. The standard InChI is InChI=1S/C34H48N4O11/c1-21-26(46-3)18-23-14-16-27(47-4)34(45,49-23)30(41)33(44)38-17-9-8-12-25(38)32(43)36-24(15-13-22-10-6-5-7-11-22)31(42)35-19-28(39)37(2)20-29(40)48-21/h5-7,10-11,21,23-27,45H,8-9,12-20H2,1-4H3,(H,35,42)(H,36,43)/t21?,23?,24-,25?,26?,27?,34?/m1/s1. The molecule has 1 aromatic carbocycles. The first kappa shape index (κ1) is 37.9. The molecule has 15 heteroatoms. The number of rotatable bonds is 5. The van der Waals surface area contributed by atoms with Crippen LogP contribution in [0.1, 0.15) is 57.4 Å². The zero-order valence-electron chi connectivity index (χ0n) is 28.6. The molecule has 3 fully saturated rings. The molecule has 0 spiro atoms. The summed E-state index contributed by atoms with van der Waals surface area (Å²) >= 11 is 0. The van der Waals surface area contributed by atoms with E-state index in [0.29, 0.717) is 25.7 Å². The lowest BCUT2D eigenvalue weighted by atomic mass is 9.90. The highest BCUT2D eigenvalue weighted by atomic mass is 16.7. The van der Waals surface area contributed by atoms with Gasteiger partial charge in [-0.25, -0.2) is 0 Å². The molecule has 0 aliphatic carbocycles. The van der Waals surface area contributed by atoms with Gasteiger partial charge in [0.25, 0.3) is 17.5 Å². The lowest BCUT2D eigenvalue weighted by Crippen LogP contribution is -2.64. The molecule has 0 saturated carbocycles. The molecule has 2 bridgehead atoms. The van der Waals surface area contributed by atoms with Crippen molar-refractivity contribution in [3.8, 4) is 0 Å². The van der Waals surface area contributed by atoms with Crippen molar-refractivity contribution in [1.82, 2.24) is 20.4 Å². The molecule has 49 heavy (non-hydrogen) atoms. The van der Waals surface area contributed by atoms with Crippen LogP contribution >= 0.6 is 0 Å². The monoisotopic (exact) mass is 688 g/mol. The van der Waals surface area contributed by atoms with Gasteiger partial charge in [0.05, 0.1) is 18.8 Å². The summed E-state index contributed by atoms with van der Waals surface area (Å²) in [5.74, 6) is -7.63. The van der Waals surface area contributed by atoms with E-state index in [2.05, 4.69) is 10.6 Å². The number of fused-ring (bicyclic) bond motifs is 3. The van der Waals surface area contributed by atoms with Gasteiger partial charge in [0.1, 0.15) is 30.8 Å². The third-order valence-electron chi connectivity index (χ3n) is 9.45. The Morgan fingerprint density at radius 2 is 1.71 bits per heavy atom. The molecule has 3 saturated heterocycles. The van der Waals surface area contributed by atoms with Crippen LogP contribution in [-0.2, 0) is 54.1 Å². The van der Waals surface area contributed by atoms with Crippen molar-refractivity contribution < 1.29 is 52.8 Å². The minimum Gasteiger partial charge on any atom is -0.459 e. The number of carbonyl (C=O) groups excluding carboxylic acids is 6. The molecule has 15 nitrogen and oxygen atoms in total. The van der Waals surface area contributed by atoms with E-state index in [1.165, 1.54) is 21.3 Å². The predicted molar refractivity (Wildman–Crippen MR) is 173 cm³/mol. The van der Waals surface area contributed by atoms with Gasteiger partial charge < -0.3 is 44.5 Å². The van der Waals surface area contributed by atoms with Crippen molar-refractivity contribution in [2.75, 3.05) is 40.9 Å². The molecule has 3 N–H and O–H groups in total. The van der Waals surface area contributed by atoms with Crippen molar-refractivity contribution >= 4 is 35.4 Å². The van der Waals surface area contributed by atoms with E-state index < -0.39 is 90.8 Å². The summed E-state index contributed by atoms with van der Waals surface area (Å²) in [7, 11) is 4.10. The number of likely N-dealkylation sites (N-methyl/N-ethyl adjacent to an activating group) is 1. The molecule has 1 aromatic rings. The average molecular weight is 689 g/mol. The molecule has 7 atom stereocenters. The van der Waals surface area contributed by atoms with E-state index in [0.717, 1.165) is 15.4 Å². The minimum absolute atomic E-state index is 0.0656. The van der Waals surface area contributed by atoms with Gasteiger partial charge in [-0.1, -0.05) is 30.3 Å². The minimum atomic E-state index is -2.66. The Hall–Kier alpha value is -3.92. The maximum Gasteiger partial charge on any atom is 0.325 e. The number of esters is 1. The van der Waals surface area contributed by atoms with Gasteiger partial charge in [-0.3, -0.25) is 28.8 Å². The van der Waals surface area contributed by atoms with Crippen LogP contribution in [0, 0.1) is 0 Å². The summed E-state index contributed by atoms with van der Waals surface area (Å²) in [6.07, 6.45) is -1.04. The Bertz CT molecular complexity index is 1360. The highest BCUT2D eigenvalue weighted by Gasteiger charge is 2.55. The number of cyclic esters (lactones) is 1. The number of methoxy groups -OCH3 is 2. The number of aryl methyl sites for hydroxylation is 1. The first-order valence-corrected chi connectivity index (χ1v) is 16.7. The number of amides is 4. The topological polar surface area (TPSA) is 190 Å². The lowest BCUT2D eigenvalue weighted by molar-refractivity contribution is -0.288. The van der Waals surface area contributed by atoms with Gasteiger partial charge in [0.15, 0.2) is 0 Å². The first-order chi connectivity index (χ1) is 23.4. The highest BCUT2D eigenvalue weighted by Crippen LogP contribution is 2.34. The Kier molecular flexibility index (Phi) is 13.3. The van der Waals surface area contributed by atoms with Gasteiger partial charge in [0.2, 0.25) is 17.7 Å². The maximum absolute atomic E-state index is 13.8. The van der Waals surface area contributed by atoms with E-state index in [4.69, 9.17) is 18.9 Å². The van der Waals surface area contributed by atoms with Gasteiger partial charge in [-0.15, -0.1) is 0 Å². The number of ether oxygens (including phenoxy) is 4. The smallest absolute Gasteiger partial charge is 0.325 e. The van der Waals surface area contributed by atoms with Crippen LogP contribution in [0.5, 0.6) is 0 Å². The third-order valence-corrected chi connectivity index (χ3v) is 9.45. The molecule has 270 valence electrons. The molecule has 3 heterocycles. The number of hydrogen-bond donors (Lipinski definition) is 3. The number of nitrogens with one attached hydrogen (secondary N) is 2. The quantitative estimate of drug-likeness (QED) is 0.276. The number of piperidine rings is 1. The maximum atomic E-state index is 13.8. The average Bonchev–Trinajstić information content (AvgIpc) is 3.10. The third kappa shape index (κ3) is 9.41. The number of nitrogens with zero attached hydrogens (tertiary/aromatic N) is 2. The Morgan fingerprint density at radius 1 is 0.980 bits per heavy atom. The fourth-order valence-corrected chi connectivity index (χ4v) is 6.55. The van der Waals surface area contributed by atoms with E-state index >= 15 is 0 Å². The number of benzene rings is 1. The summed E-state index contributed by atoms with van der Waals surface area (Å²) in [6, 6.07) is 7.11. The molecule has 3 aliphatic heterocycles. The fourth-order valence-electron chi connectivity index (χ4n) is 6.55. The van der Waals surface area contributed by atoms with E-state index in [1.807, 2.05) is 30.3 Å². The summed E-state index contributed by atoms with van der Waals surface area (Å²) in [6.45, 7) is 0.807. The summed E-state index contributed by atoms with van der Waals surface area (Å²) < 4.78 is 22.4. The normalized spacial score (nSPS) is 31.6. The molecular formula is C34H48N4O11. The predicted octanol–water partition coefficient (Wildman–Crippen LogP) is -0.138. The molecule has 4 rings (SSSR count). The summed E-state index contributed by atoms with van der Waals surface area (Å²) in [5.41, 5.74) is 0.915. The van der Waals surface area contributed by atoms with Crippen LogP contribution < -0.4 is 10.6 Å². The van der Waals surface area contributed by atoms with Crippen molar-refractivity contribution in [1.29, 1.82) is 0 Å². The van der Waals surface area contributed by atoms with Crippen molar-refractivity contribution in [2.45, 2.75) is 101 Å². The highest BCUT2D eigenvalue weighted by molar-refractivity contribution is 6.39. The number of ketones is 1. The van der Waals surface area contributed by atoms with Gasteiger partial charge in [-0.05, 0) is 57.4 Å². The summed E-state index contributed by atoms with van der Waals surface area (Å²) in [4.78, 5) is 82.8. The van der Waals surface area contributed by atoms with Crippen molar-refractivity contribution in [2.24, 2.45) is 0 Å². The van der Waals surface area contributed by atoms with Crippen LogP contribution in [0.4, 0.5) is 0 Å². The molecule has 6 unspecified atom stereocenters. The van der Waals surface area contributed by atoms with Crippen LogP contribution in [0.2, 0.25) is 0 Å². The van der Waals surface area contributed by atoms with Gasteiger partial charge in [-0.2, -0.15) is 0 Å². The Morgan fingerprint density at radius 3 is 2.41 bits per heavy atom. The Balaban J connectivity index is 1.65. The molecule has 3 aliphatic rings. The van der Waals surface area contributed by atoms with Crippen LogP contribution in [-0.4, -0.2) is 133 Å². The summed E-state index contributed by atoms with van der Waals surface area (Å²) in [5, 5.41) is 17.0. The number of hydrogen-bond acceptors (Lipinski definition) is 11. The number of aliphatic hydroxyl groups is 1. The molecule has 0 aromatic heterocycles. The fraction of sp³-hybridized carbons (Fsp3) is 0.647. The largest absolute Gasteiger partial charge is 0.459 e. The molecule has 0 radical (unpaired) electrons. The number of Topliss-reactive ketones (excluding diaryl/α,β-unsaturated/α-hetero) is 1. The second-order valence-electron chi connectivity index (χ2n) is 12.8.